The smallest absolute Gasteiger partial charge is 0.271 e. The van der Waals surface area contributed by atoms with Crippen molar-refractivity contribution in [1.82, 2.24) is 4.98 Å². The van der Waals surface area contributed by atoms with E-state index in [0.29, 0.717) is 5.82 Å². The number of non-ortho nitro benzene ring substituents is 1. The Balaban J connectivity index is 2.39. The lowest BCUT2D eigenvalue weighted by Crippen LogP contribution is -1.91. The summed E-state index contributed by atoms with van der Waals surface area (Å²) < 4.78 is 0.240. The van der Waals surface area contributed by atoms with Crippen molar-refractivity contribution in [2.75, 3.05) is 0 Å². The molecule has 19 heavy (non-hydrogen) atoms. The maximum atomic E-state index is 10.7. The highest BCUT2D eigenvalue weighted by Gasteiger charge is 2.13. The number of nitro benzene ring substituents is 1. The predicted octanol–water partition coefficient (Wildman–Crippen LogP) is 3.21. The van der Waals surface area contributed by atoms with Gasteiger partial charge in [0.05, 0.1) is 9.40 Å². The maximum absolute atomic E-state index is 10.7. The molecule has 2 aromatic rings. The number of rotatable bonds is 3. The van der Waals surface area contributed by atoms with Gasteiger partial charge < -0.3 is 5.11 Å². The van der Waals surface area contributed by atoms with E-state index in [-0.39, 0.29) is 21.5 Å². The average molecular weight is 322 g/mol. The quantitative estimate of drug-likeness (QED) is 0.534. The normalized spacial score (nSPS) is 10.8. The molecule has 0 saturated heterocycles. The lowest BCUT2D eigenvalue weighted by Gasteiger charge is -2.01. The zero-order valence-electron chi connectivity index (χ0n) is 9.52. The molecule has 0 aliphatic rings. The monoisotopic (exact) mass is 321 g/mol. The number of hydrogen-bond donors (Lipinski definition) is 1. The third kappa shape index (κ3) is 3.14. The third-order valence-electron chi connectivity index (χ3n) is 2.27. The van der Waals surface area contributed by atoms with Gasteiger partial charge in [-0.05, 0) is 28.1 Å². The summed E-state index contributed by atoms with van der Waals surface area (Å²) in [4.78, 5) is 18.2. The molecule has 0 fully saturated rings. The largest absolute Gasteiger partial charge is 0.506 e. The first-order chi connectivity index (χ1) is 9.08. The Bertz CT molecular complexity index is 644. The second kappa shape index (κ2) is 5.57. The summed E-state index contributed by atoms with van der Waals surface area (Å²) in [6.45, 7) is 0. The number of hydrogen-bond acceptors (Lipinski definition) is 5. The molecule has 0 amide bonds. The van der Waals surface area contributed by atoms with Crippen molar-refractivity contribution in [3.63, 3.8) is 0 Å². The van der Waals surface area contributed by atoms with Crippen LogP contribution in [0, 0.1) is 10.1 Å². The van der Waals surface area contributed by atoms with Gasteiger partial charge >= 0.3 is 0 Å². The third-order valence-corrected chi connectivity index (χ3v) is 2.88. The minimum atomic E-state index is -0.539. The maximum Gasteiger partial charge on any atom is 0.271 e. The molecule has 1 N–H and O–H groups in total. The highest BCUT2D eigenvalue weighted by atomic mass is 79.9. The first-order valence-corrected chi connectivity index (χ1v) is 5.99. The fraction of sp³-hybridized carbons (Fsp3) is 0. The summed E-state index contributed by atoms with van der Waals surface area (Å²) >= 11 is 3.06. The van der Waals surface area contributed by atoms with E-state index in [2.05, 4.69) is 25.9 Å². The van der Waals surface area contributed by atoms with Crippen molar-refractivity contribution in [1.29, 1.82) is 0 Å². The standard InChI is InChI=1S/C12H8BrN3O3/c13-10-6-9(16(18)19)5-8(12(10)17)7-15-11-3-1-2-4-14-11/h1-7,17H/b15-7+. The summed E-state index contributed by atoms with van der Waals surface area (Å²) in [6, 6.07) is 7.67. The lowest BCUT2D eigenvalue weighted by atomic mass is 10.2. The number of halogens is 1. The zero-order chi connectivity index (χ0) is 13.8. The zero-order valence-corrected chi connectivity index (χ0v) is 11.1. The molecule has 0 radical (unpaired) electrons. The fourth-order valence-corrected chi connectivity index (χ4v) is 1.84. The average Bonchev–Trinajstić information content (AvgIpc) is 2.41. The number of aromatic hydroxyl groups is 1. The Morgan fingerprint density at radius 2 is 2.21 bits per heavy atom. The van der Waals surface area contributed by atoms with Crippen molar-refractivity contribution in [3.8, 4) is 5.75 Å². The van der Waals surface area contributed by atoms with Crippen molar-refractivity contribution >= 4 is 33.6 Å². The highest BCUT2D eigenvalue weighted by Crippen LogP contribution is 2.31. The fourth-order valence-electron chi connectivity index (χ4n) is 1.38. The van der Waals surface area contributed by atoms with Crippen LogP contribution >= 0.6 is 15.9 Å². The van der Waals surface area contributed by atoms with Crippen LogP contribution in [0.4, 0.5) is 11.5 Å². The first-order valence-electron chi connectivity index (χ1n) is 5.20. The molecule has 0 bridgehead atoms. The molecule has 0 aliphatic carbocycles. The second-order valence-corrected chi connectivity index (χ2v) is 4.42. The molecular formula is C12H8BrN3O3. The van der Waals surface area contributed by atoms with E-state index in [4.69, 9.17) is 0 Å². The second-order valence-electron chi connectivity index (χ2n) is 3.57. The molecule has 96 valence electrons. The number of pyridine rings is 1. The van der Waals surface area contributed by atoms with Crippen molar-refractivity contribution < 1.29 is 10.0 Å². The van der Waals surface area contributed by atoms with Gasteiger partial charge in [0.15, 0.2) is 5.82 Å². The Morgan fingerprint density at radius 1 is 1.42 bits per heavy atom. The van der Waals surface area contributed by atoms with E-state index in [1.807, 2.05) is 0 Å². The number of nitro groups is 1. The van der Waals surface area contributed by atoms with Gasteiger partial charge in [0.2, 0.25) is 0 Å². The Morgan fingerprint density at radius 3 is 2.84 bits per heavy atom. The number of nitrogens with zero attached hydrogens (tertiary/aromatic N) is 3. The Kier molecular flexibility index (Phi) is 3.86. The van der Waals surface area contributed by atoms with Gasteiger partial charge in [-0.3, -0.25) is 10.1 Å². The van der Waals surface area contributed by atoms with Gasteiger partial charge in [0.25, 0.3) is 5.69 Å². The minimum Gasteiger partial charge on any atom is -0.506 e. The van der Waals surface area contributed by atoms with E-state index in [1.165, 1.54) is 18.3 Å². The van der Waals surface area contributed by atoms with E-state index in [0.717, 1.165) is 0 Å². The first kappa shape index (κ1) is 13.2. The van der Waals surface area contributed by atoms with Crippen LogP contribution in [0.3, 0.4) is 0 Å². The molecule has 0 aliphatic heterocycles. The molecule has 2 rings (SSSR count). The summed E-state index contributed by atoms with van der Waals surface area (Å²) in [5, 5.41) is 20.5. The SMILES string of the molecule is O=[N+]([O-])c1cc(Br)c(O)c(/C=N/c2ccccn2)c1. The Labute approximate surface area is 116 Å². The van der Waals surface area contributed by atoms with Gasteiger partial charge in [0, 0.05) is 30.1 Å². The molecule has 0 spiro atoms. The molecule has 0 unspecified atom stereocenters. The predicted molar refractivity (Wildman–Crippen MR) is 74.0 cm³/mol. The molecular weight excluding hydrogens is 314 g/mol. The topological polar surface area (TPSA) is 88.6 Å². The molecule has 1 aromatic heterocycles. The van der Waals surface area contributed by atoms with Gasteiger partial charge in [-0.1, -0.05) is 6.07 Å². The van der Waals surface area contributed by atoms with Crippen molar-refractivity contribution in [3.05, 3.63) is 56.7 Å². The van der Waals surface area contributed by atoms with Crippen LogP contribution in [0.15, 0.2) is 46.0 Å². The number of aliphatic imine (C=N–C) groups is 1. The van der Waals surface area contributed by atoms with Crippen LogP contribution in [0.2, 0.25) is 0 Å². The van der Waals surface area contributed by atoms with Gasteiger partial charge in [-0.25, -0.2) is 9.98 Å². The van der Waals surface area contributed by atoms with Gasteiger partial charge in [-0.15, -0.1) is 0 Å². The van der Waals surface area contributed by atoms with E-state index >= 15 is 0 Å². The summed E-state index contributed by atoms with van der Waals surface area (Å²) in [6.07, 6.45) is 2.91. The molecule has 0 saturated carbocycles. The van der Waals surface area contributed by atoms with Crippen LogP contribution in [-0.2, 0) is 0 Å². The van der Waals surface area contributed by atoms with E-state index in [1.54, 1.807) is 24.4 Å². The van der Waals surface area contributed by atoms with Crippen molar-refractivity contribution in [2.24, 2.45) is 4.99 Å². The van der Waals surface area contributed by atoms with Crippen molar-refractivity contribution in [2.45, 2.75) is 0 Å². The van der Waals surface area contributed by atoms with Crippen LogP contribution in [0.25, 0.3) is 0 Å². The summed E-state index contributed by atoms with van der Waals surface area (Å²) in [5.41, 5.74) is 0.110. The Hall–Kier alpha value is -2.28. The molecule has 6 nitrogen and oxygen atoms in total. The number of phenols is 1. The van der Waals surface area contributed by atoms with Gasteiger partial charge in [0.1, 0.15) is 5.75 Å². The summed E-state index contributed by atoms with van der Waals surface area (Å²) in [5.74, 6) is 0.342. The number of benzene rings is 1. The van der Waals surface area contributed by atoms with E-state index < -0.39 is 4.92 Å². The summed E-state index contributed by atoms with van der Waals surface area (Å²) in [7, 11) is 0. The molecule has 1 aromatic carbocycles. The molecule has 1 heterocycles. The van der Waals surface area contributed by atoms with Crippen LogP contribution in [0.1, 0.15) is 5.56 Å². The minimum absolute atomic E-state index is 0.106. The van der Waals surface area contributed by atoms with Crippen LogP contribution in [-0.4, -0.2) is 21.2 Å². The molecule has 0 atom stereocenters. The molecule has 7 heteroatoms. The van der Waals surface area contributed by atoms with Crippen LogP contribution in [0.5, 0.6) is 5.75 Å². The van der Waals surface area contributed by atoms with E-state index in [9.17, 15) is 15.2 Å². The number of aromatic nitrogens is 1. The highest BCUT2D eigenvalue weighted by molar-refractivity contribution is 9.10. The lowest BCUT2D eigenvalue weighted by molar-refractivity contribution is -0.385. The van der Waals surface area contributed by atoms with Gasteiger partial charge in [-0.2, -0.15) is 0 Å². The number of phenolic OH excluding ortho intramolecular Hbond substituents is 1. The van der Waals surface area contributed by atoms with Crippen LogP contribution < -0.4 is 0 Å².